The Kier molecular flexibility index (Phi) is 15.6. The van der Waals surface area contributed by atoms with Gasteiger partial charge in [-0.05, 0) is 19.4 Å². The summed E-state index contributed by atoms with van der Waals surface area (Å²) in [5.41, 5.74) is 5.10. The second-order valence-electron chi connectivity index (χ2n) is 2.25. The number of nitrogens with two attached hydrogens (primary N) is 1. The van der Waals surface area contributed by atoms with Crippen molar-refractivity contribution in [3.05, 3.63) is 0 Å². The van der Waals surface area contributed by atoms with Crippen LogP contribution in [0.4, 0.5) is 0 Å². The number of hydrogen-bond acceptors (Lipinski definition) is 4. The van der Waals surface area contributed by atoms with E-state index in [1.165, 1.54) is 0 Å². The Morgan fingerprint density at radius 2 is 1.06 bits per heavy atom. The van der Waals surface area contributed by atoms with E-state index in [4.69, 9.17) is 49.3 Å². The largest absolute Gasteiger partial charge is 0.466 e. The first-order chi connectivity index (χ1) is 6.91. The highest BCUT2D eigenvalue weighted by atomic mass is 31.2. The van der Waals surface area contributed by atoms with Crippen LogP contribution in [-0.2, 0) is 9.13 Å². The molecule has 0 radical (unpaired) electrons. The molecule has 0 aliphatic carbocycles. The molecule has 0 unspecified atom stereocenters. The maximum Gasteiger partial charge on any atom is 0.466 e. The molecule has 0 saturated carbocycles. The molecule has 0 heterocycles. The van der Waals surface area contributed by atoms with Gasteiger partial charge in [-0.1, -0.05) is 0 Å². The van der Waals surface area contributed by atoms with Crippen LogP contribution in [0.1, 0.15) is 12.8 Å². The molecule has 0 atom stereocenters. The summed E-state index contributed by atoms with van der Waals surface area (Å²) in [6.07, 6.45) is 1.78. The Morgan fingerprint density at radius 1 is 0.812 bits per heavy atom. The van der Waals surface area contributed by atoms with Crippen molar-refractivity contribution in [1.29, 1.82) is 0 Å². The number of rotatable bonds is 3. The highest BCUT2D eigenvalue weighted by molar-refractivity contribution is 7.45. The maximum atomic E-state index is 8.88. The fraction of sp³-hybridized carbons (Fsp3) is 1.00. The number of aliphatic hydroxyl groups is 1. The van der Waals surface area contributed by atoms with Crippen molar-refractivity contribution >= 4 is 15.6 Å². The lowest BCUT2D eigenvalue weighted by Gasteiger charge is -1.86. The molecule has 0 fully saturated rings. The molecule has 0 bridgehead atoms. The zero-order valence-electron chi connectivity index (χ0n) is 8.25. The van der Waals surface area contributed by atoms with Crippen molar-refractivity contribution in [2.24, 2.45) is 5.73 Å². The normalized spacial score (nSPS) is 10.8. The molecule has 12 heteroatoms. The molecule has 0 rings (SSSR count). The third kappa shape index (κ3) is 248. The van der Waals surface area contributed by atoms with Crippen molar-refractivity contribution in [1.82, 2.24) is 0 Å². The Labute approximate surface area is 91.8 Å². The van der Waals surface area contributed by atoms with Crippen molar-refractivity contribution in [2.75, 3.05) is 13.2 Å². The summed E-state index contributed by atoms with van der Waals surface area (Å²) in [5.74, 6) is 0. The molecule has 0 spiro atoms. The SMILES string of the molecule is NCCCCO.O=P(O)(O)O.O=P(O)(O)O. The van der Waals surface area contributed by atoms with Gasteiger partial charge in [0.25, 0.3) is 0 Å². The molecule has 0 aromatic rings. The molecule has 0 aromatic carbocycles. The van der Waals surface area contributed by atoms with E-state index in [9.17, 15) is 0 Å². The van der Waals surface area contributed by atoms with Gasteiger partial charge in [-0.3, -0.25) is 0 Å². The summed E-state index contributed by atoms with van der Waals surface area (Å²) in [6, 6.07) is 0. The fourth-order valence-electron chi connectivity index (χ4n) is 0.256. The van der Waals surface area contributed by atoms with Gasteiger partial charge < -0.3 is 40.2 Å². The minimum Gasteiger partial charge on any atom is -0.396 e. The third-order valence-corrected chi connectivity index (χ3v) is 0.612. The number of hydrogen-bond donors (Lipinski definition) is 8. The van der Waals surface area contributed by atoms with Crippen molar-refractivity contribution in [2.45, 2.75) is 12.8 Å². The van der Waals surface area contributed by atoms with Crippen molar-refractivity contribution < 1.29 is 43.6 Å². The van der Waals surface area contributed by atoms with E-state index < -0.39 is 15.6 Å². The second kappa shape index (κ2) is 11.6. The quantitative estimate of drug-likeness (QED) is 0.209. The molecule has 0 aromatic heterocycles. The first-order valence-electron chi connectivity index (χ1n) is 3.79. The first kappa shape index (κ1) is 21.4. The molecular weight excluding hydrogens is 268 g/mol. The van der Waals surface area contributed by atoms with E-state index in [1.54, 1.807) is 0 Å². The summed E-state index contributed by atoms with van der Waals surface area (Å²) in [4.78, 5) is 43.1. The lowest BCUT2D eigenvalue weighted by Crippen LogP contribution is -1.98. The summed E-state index contributed by atoms with van der Waals surface area (Å²) in [7, 11) is -9.28. The van der Waals surface area contributed by atoms with Gasteiger partial charge in [0, 0.05) is 6.61 Å². The summed E-state index contributed by atoms with van der Waals surface area (Å²) < 4.78 is 17.8. The van der Waals surface area contributed by atoms with Crippen LogP contribution in [0.25, 0.3) is 0 Å². The van der Waals surface area contributed by atoms with Crippen LogP contribution in [0.3, 0.4) is 0 Å². The average molecular weight is 285 g/mol. The Hall–Kier alpha value is 0.140. The average Bonchev–Trinajstić information content (AvgIpc) is 1.94. The topological polar surface area (TPSA) is 202 Å². The smallest absolute Gasteiger partial charge is 0.396 e. The molecular formula is C4H17NO9P2. The van der Waals surface area contributed by atoms with Gasteiger partial charge in [-0.2, -0.15) is 0 Å². The molecule has 102 valence electrons. The third-order valence-electron chi connectivity index (χ3n) is 0.612. The zero-order chi connectivity index (χ0) is 13.8. The summed E-state index contributed by atoms with van der Waals surface area (Å²) in [5, 5.41) is 8.14. The summed E-state index contributed by atoms with van der Waals surface area (Å²) in [6.45, 7) is 0.970. The molecule has 9 N–H and O–H groups in total. The van der Waals surface area contributed by atoms with Crippen molar-refractivity contribution in [3.8, 4) is 0 Å². The van der Waals surface area contributed by atoms with Gasteiger partial charge in [-0.15, -0.1) is 0 Å². The Morgan fingerprint density at radius 3 is 1.12 bits per heavy atom. The fourth-order valence-corrected chi connectivity index (χ4v) is 0.256. The number of aliphatic hydroxyl groups excluding tert-OH is 1. The Bertz CT molecular complexity index is 181. The van der Waals surface area contributed by atoms with E-state index in [0.717, 1.165) is 12.8 Å². The summed E-state index contributed by atoms with van der Waals surface area (Å²) >= 11 is 0. The maximum absolute atomic E-state index is 8.88. The predicted octanol–water partition coefficient (Wildman–Crippen LogP) is -2.14. The minimum atomic E-state index is -4.64. The van der Waals surface area contributed by atoms with Crippen LogP contribution in [0.5, 0.6) is 0 Å². The minimum absolute atomic E-state index is 0.275. The standard InChI is InChI=1S/C4H11NO.2H3O4P/c5-3-1-2-4-6;2*1-5(2,3)4/h6H,1-5H2;2*(H3,1,2,3,4). The second-order valence-corrected chi connectivity index (χ2v) is 4.30. The van der Waals surface area contributed by atoms with Gasteiger partial charge in [0.15, 0.2) is 0 Å². The van der Waals surface area contributed by atoms with Crippen LogP contribution in [0, 0.1) is 0 Å². The van der Waals surface area contributed by atoms with Gasteiger partial charge in [-0.25, -0.2) is 9.13 Å². The van der Waals surface area contributed by atoms with Crippen LogP contribution >= 0.6 is 15.6 Å². The van der Waals surface area contributed by atoms with Gasteiger partial charge in [0.05, 0.1) is 0 Å². The zero-order valence-corrected chi connectivity index (χ0v) is 10.0. The molecule has 16 heavy (non-hydrogen) atoms. The lowest BCUT2D eigenvalue weighted by molar-refractivity contribution is 0.272. The predicted molar refractivity (Wildman–Crippen MR) is 53.9 cm³/mol. The Balaban J connectivity index is -0.000000160. The van der Waals surface area contributed by atoms with Crippen molar-refractivity contribution in [3.63, 3.8) is 0 Å². The highest BCUT2D eigenvalue weighted by Crippen LogP contribution is 2.26. The van der Waals surface area contributed by atoms with E-state index in [1.807, 2.05) is 0 Å². The van der Waals surface area contributed by atoms with E-state index in [-0.39, 0.29) is 6.61 Å². The molecule has 10 nitrogen and oxygen atoms in total. The number of phosphoric acid groups is 2. The molecule has 0 aliphatic rings. The van der Waals surface area contributed by atoms with Gasteiger partial charge in [0.2, 0.25) is 0 Å². The van der Waals surface area contributed by atoms with E-state index >= 15 is 0 Å². The molecule has 0 amide bonds. The highest BCUT2D eigenvalue weighted by Gasteiger charge is 2.00. The monoisotopic (exact) mass is 285 g/mol. The van der Waals surface area contributed by atoms with Crippen LogP contribution in [0.2, 0.25) is 0 Å². The van der Waals surface area contributed by atoms with Crippen LogP contribution in [0.15, 0.2) is 0 Å². The first-order valence-corrected chi connectivity index (χ1v) is 6.92. The number of unbranched alkanes of at least 4 members (excludes halogenated alkanes) is 1. The van der Waals surface area contributed by atoms with Crippen LogP contribution < -0.4 is 5.73 Å². The van der Waals surface area contributed by atoms with E-state index in [0.29, 0.717) is 6.54 Å². The van der Waals surface area contributed by atoms with E-state index in [2.05, 4.69) is 0 Å². The van der Waals surface area contributed by atoms with Gasteiger partial charge in [0.1, 0.15) is 0 Å². The molecule has 0 saturated heterocycles. The molecule has 0 aliphatic heterocycles. The van der Waals surface area contributed by atoms with Crippen LogP contribution in [-0.4, -0.2) is 47.6 Å². The van der Waals surface area contributed by atoms with Gasteiger partial charge >= 0.3 is 15.6 Å². The lowest BCUT2D eigenvalue weighted by atomic mass is 10.3.